The van der Waals surface area contributed by atoms with Gasteiger partial charge < -0.3 is 25.2 Å². The van der Waals surface area contributed by atoms with Crippen LogP contribution in [0.5, 0.6) is 0 Å². The van der Waals surface area contributed by atoms with Crippen molar-refractivity contribution >= 4 is 68.4 Å². The average molecular weight is 881 g/mol. The maximum absolute atomic E-state index is 13.6. The third kappa shape index (κ3) is 10.2. The lowest BCUT2D eigenvalue weighted by atomic mass is 9.85. The summed E-state index contributed by atoms with van der Waals surface area (Å²) in [5.41, 5.74) is 3.94. The molecule has 2 fully saturated rings. The molecular formula is C44H52N10O8S. The van der Waals surface area contributed by atoms with Gasteiger partial charge in [-0.05, 0) is 66.8 Å². The number of rotatable bonds is 14. The highest BCUT2D eigenvalue weighted by atomic mass is 32.2. The maximum Gasteiger partial charge on any atom is 0.261 e. The number of fused-ring (bicyclic) bond motifs is 1. The molecular weight excluding hydrogens is 829 g/mol. The SMILES string of the molecule is Cc1cnc(Nc2ccc(N3CCN(C(=O)CCOCCNC4C(=O)N(C5CCC(=O)NC5=O)C(=O)c5ccccc54)CC3)cc2)nc1Nc1cccc(S(N)(=O)=O)c1C(C)(C)C. The minimum Gasteiger partial charge on any atom is -0.380 e. The number of carbonyl (C=O) groups excluding carboxylic acids is 5. The number of amides is 5. The first kappa shape index (κ1) is 44.8. The zero-order chi connectivity index (χ0) is 45.1. The summed E-state index contributed by atoms with van der Waals surface area (Å²) in [5, 5.41) is 17.5. The molecule has 3 aliphatic rings. The lowest BCUT2D eigenvalue weighted by Crippen LogP contribution is -2.60. The molecule has 3 aromatic carbocycles. The second-order valence-electron chi connectivity index (χ2n) is 16.7. The second-order valence-corrected chi connectivity index (χ2v) is 18.2. The van der Waals surface area contributed by atoms with Gasteiger partial charge >= 0.3 is 0 Å². The molecule has 19 heteroatoms. The number of sulfonamides is 1. The Kier molecular flexibility index (Phi) is 13.2. The first-order valence-electron chi connectivity index (χ1n) is 20.8. The molecule has 2 saturated heterocycles. The first-order chi connectivity index (χ1) is 30.0. The molecule has 1 aromatic heterocycles. The van der Waals surface area contributed by atoms with Crippen molar-refractivity contribution in [3.05, 3.63) is 95.2 Å². The number of nitrogens with zero attached hydrogens (tertiary/aromatic N) is 5. The number of hydrogen-bond donors (Lipinski definition) is 5. The molecule has 2 atom stereocenters. The molecule has 3 aliphatic heterocycles. The number of imide groups is 2. The summed E-state index contributed by atoms with van der Waals surface area (Å²) in [7, 11) is -3.97. The third-order valence-electron chi connectivity index (χ3n) is 11.2. The van der Waals surface area contributed by atoms with Crippen LogP contribution in [0, 0.1) is 6.92 Å². The van der Waals surface area contributed by atoms with Crippen LogP contribution in [0.3, 0.4) is 0 Å². The molecule has 18 nitrogen and oxygen atoms in total. The van der Waals surface area contributed by atoms with Gasteiger partial charge in [0.1, 0.15) is 17.9 Å². The molecule has 0 saturated carbocycles. The largest absolute Gasteiger partial charge is 0.380 e. The van der Waals surface area contributed by atoms with Gasteiger partial charge in [0.05, 0.1) is 24.5 Å². The van der Waals surface area contributed by atoms with Gasteiger partial charge in [-0.3, -0.25) is 39.5 Å². The van der Waals surface area contributed by atoms with Crippen LogP contribution in [0.15, 0.2) is 77.8 Å². The fraction of sp³-hybridized carbons (Fsp3) is 0.386. The molecule has 332 valence electrons. The van der Waals surface area contributed by atoms with E-state index in [4.69, 9.17) is 9.88 Å². The van der Waals surface area contributed by atoms with Gasteiger partial charge in [0, 0.05) is 79.1 Å². The molecule has 4 aromatic rings. The summed E-state index contributed by atoms with van der Waals surface area (Å²) in [6.45, 7) is 10.7. The number of anilines is 5. The maximum atomic E-state index is 13.6. The number of benzene rings is 3. The smallest absolute Gasteiger partial charge is 0.261 e. The van der Waals surface area contributed by atoms with E-state index in [1.54, 1.807) is 42.6 Å². The molecule has 7 rings (SSSR count). The minimum absolute atomic E-state index is 0.0179. The van der Waals surface area contributed by atoms with Gasteiger partial charge in [-0.2, -0.15) is 4.98 Å². The van der Waals surface area contributed by atoms with Crippen LogP contribution < -0.4 is 31.3 Å². The summed E-state index contributed by atoms with van der Waals surface area (Å²) in [5.74, 6) is -1.41. The van der Waals surface area contributed by atoms with Crippen LogP contribution in [0.25, 0.3) is 0 Å². The Labute approximate surface area is 366 Å². The van der Waals surface area contributed by atoms with E-state index in [1.165, 1.54) is 6.07 Å². The van der Waals surface area contributed by atoms with Crippen molar-refractivity contribution in [3.63, 3.8) is 0 Å². The predicted molar refractivity (Wildman–Crippen MR) is 235 cm³/mol. The van der Waals surface area contributed by atoms with Crippen LogP contribution in [-0.2, 0) is 39.4 Å². The van der Waals surface area contributed by atoms with Gasteiger partial charge in [-0.15, -0.1) is 0 Å². The van der Waals surface area contributed by atoms with E-state index in [1.807, 2.05) is 56.9 Å². The quantitative estimate of drug-likeness (QED) is 0.0902. The van der Waals surface area contributed by atoms with Crippen molar-refractivity contribution in [3.8, 4) is 0 Å². The highest BCUT2D eigenvalue weighted by Gasteiger charge is 2.45. The van der Waals surface area contributed by atoms with Crippen LogP contribution >= 0.6 is 0 Å². The predicted octanol–water partition coefficient (Wildman–Crippen LogP) is 3.39. The van der Waals surface area contributed by atoms with Crippen molar-refractivity contribution in [1.29, 1.82) is 0 Å². The van der Waals surface area contributed by atoms with E-state index < -0.39 is 51.2 Å². The van der Waals surface area contributed by atoms with Crippen molar-refractivity contribution in [2.75, 3.05) is 61.5 Å². The van der Waals surface area contributed by atoms with Gasteiger partial charge in [0.25, 0.3) is 11.8 Å². The molecule has 0 radical (unpaired) electrons. The Balaban J connectivity index is 0.861. The monoisotopic (exact) mass is 880 g/mol. The molecule has 0 bridgehead atoms. The number of piperidine rings is 1. The molecule has 6 N–H and O–H groups in total. The number of hydrogen-bond acceptors (Lipinski definition) is 14. The van der Waals surface area contributed by atoms with E-state index in [0.717, 1.165) is 21.8 Å². The normalized spacial score (nSPS) is 18.3. The molecule has 63 heavy (non-hydrogen) atoms. The Morgan fingerprint density at radius 1 is 0.937 bits per heavy atom. The zero-order valence-corrected chi connectivity index (χ0v) is 36.5. The Morgan fingerprint density at radius 3 is 2.37 bits per heavy atom. The van der Waals surface area contributed by atoms with E-state index in [9.17, 15) is 32.4 Å². The highest BCUT2D eigenvalue weighted by Crippen LogP contribution is 2.37. The molecule has 5 amide bonds. The number of piperazine rings is 1. The Hall–Kier alpha value is -6.28. The Bertz CT molecular complexity index is 2520. The van der Waals surface area contributed by atoms with E-state index in [0.29, 0.717) is 60.3 Å². The first-order valence-corrected chi connectivity index (χ1v) is 22.3. The Morgan fingerprint density at radius 2 is 1.67 bits per heavy atom. The van der Waals surface area contributed by atoms with Crippen molar-refractivity contribution in [1.82, 2.24) is 30.4 Å². The summed E-state index contributed by atoms with van der Waals surface area (Å²) in [6.07, 6.45) is 1.97. The molecule has 4 heterocycles. The van der Waals surface area contributed by atoms with Crippen molar-refractivity contribution < 1.29 is 37.1 Å². The number of ether oxygens (including phenoxy) is 1. The molecule has 0 aliphatic carbocycles. The third-order valence-corrected chi connectivity index (χ3v) is 12.2. The molecule has 2 unspecified atom stereocenters. The topological polar surface area (TPSA) is 238 Å². The number of primary sulfonamides is 1. The standard InChI is InChI=1S/C44H52N10O8S/c1-27-26-47-43(51-39(27)49-32-10-7-11-34(63(45,60)61)37(32)44(2,3)4)48-28-12-14-29(15-13-28)52-20-22-53(23-21-52)36(56)18-24-62-25-19-46-38-30-8-5-6-9-31(30)41(58)54(42(38)59)33-16-17-35(55)50-40(33)57/h5-15,26,33,38,46H,16-25H2,1-4H3,(H2,45,60,61)(H,50,55,57)(H2,47,48,49,51). The average Bonchev–Trinajstić information content (AvgIpc) is 3.24. The number of aromatic nitrogens is 2. The summed E-state index contributed by atoms with van der Waals surface area (Å²) >= 11 is 0. The van der Waals surface area contributed by atoms with Crippen molar-refractivity contribution in [2.24, 2.45) is 5.14 Å². The fourth-order valence-corrected chi connectivity index (χ4v) is 9.03. The summed E-state index contributed by atoms with van der Waals surface area (Å²) < 4.78 is 30.6. The number of carbonyl (C=O) groups is 5. The lowest BCUT2D eigenvalue weighted by Gasteiger charge is -2.38. The zero-order valence-electron chi connectivity index (χ0n) is 35.6. The van der Waals surface area contributed by atoms with Crippen LogP contribution in [0.1, 0.15) is 73.1 Å². The van der Waals surface area contributed by atoms with E-state index in [-0.39, 0.29) is 49.8 Å². The summed E-state index contributed by atoms with van der Waals surface area (Å²) in [4.78, 5) is 78.4. The van der Waals surface area contributed by atoms with Gasteiger partial charge in [0.2, 0.25) is 33.7 Å². The van der Waals surface area contributed by atoms with Gasteiger partial charge in [-0.1, -0.05) is 45.0 Å². The highest BCUT2D eigenvalue weighted by molar-refractivity contribution is 7.89. The van der Waals surface area contributed by atoms with Crippen LogP contribution in [0.2, 0.25) is 0 Å². The van der Waals surface area contributed by atoms with E-state index >= 15 is 0 Å². The minimum atomic E-state index is -3.97. The lowest BCUT2D eigenvalue weighted by molar-refractivity contribution is -0.144. The van der Waals surface area contributed by atoms with Crippen molar-refractivity contribution in [2.45, 2.75) is 69.4 Å². The van der Waals surface area contributed by atoms with Crippen LogP contribution in [-0.4, -0.2) is 110 Å². The second kappa shape index (κ2) is 18.6. The van der Waals surface area contributed by atoms with E-state index in [2.05, 4.69) is 36.1 Å². The van der Waals surface area contributed by atoms with Gasteiger partial charge in [-0.25, -0.2) is 18.5 Å². The number of nitrogens with one attached hydrogen (secondary N) is 4. The molecule has 0 spiro atoms. The summed E-state index contributed by atoms with van der Waals surface area (Å²) in [6, 6.07) is 17.6. The van der Waals surface area contributed by atoms with Crippen LogP contribution in [0.4, 0.5) is 28.8 Å². The van der Waals surface area contributed by atoms with Gasteiger partial charge in [0.15, 0.2) is 0 Å². The number of nitrogens with two attached hydrogens (primary N) is 1. The number of aryl methyl sites for hydroxylation is 1. The fourth-order valence-electron chi connectivity index (χ4n) is 8.06.